The Hall–Kier alpha value is -2.37. The lowest BCUT2D eigenvalue weighted by Gasteiger charge is -2.17. The average Bonchev–Trinajstić information content (AvgIpc) is 2.97. The smallest absolute Gasteiger partial charge is 0.317 e. The fraction of sp³-hybridized carbons (Fsp3) is 0.500. The number of carbonyl (C=O) groups excluding carboxylic acids is 1. The standard InChI is InChI=1S/C18H27N5O/c1-13-7-6-9-19-15(13)8-10-20-17(24)23(5)12-14-11-16(22-21-14)18(2,3)4/h6-7,9,11H,8,10,12H2,1-5H3,(H,20,24)(H,21,22). The van der Waals surface area contributed by atoms with Crippen molar-refractivity contribution in [3.05, 3.63) is 47.0 Å². The van der Waals surface area contributed by atoms with Crippen LogP contribution in [0.1, 0.15) is 43.4 Å². The Morgan fingerprint density at radius 1 is 1.38 bits per heavy atom. The van der Waals surface area contributed by atoms with E-state index in [1.165, 1.54) is 0 Å². The van der Waals surface area contributed by atoms with Crippen LogP contribution in [0.15, 0.2) is 24.4 Å². The number of nitrogens with one attached hydrogen (secondary N) is 2. The first-order chi connectivity index (χ1) is 11.3. The fourth-order valence-electron chi connectivity index (χ4n) is 2.36. The summed E-state index contributed by atoms with van der Waals surface area (Å²) in [6.07, 6.45) is 2.51. The molecule has 0 saturated carbocycles. The second-order valence-corrected chi connectivity index (χ2v) is 7.13. The molecule has 0 saturated heterocycles. The van der Waals surface area contributed by atoms with Crippen molar-refractivity contribution in [1.82, 2.24) is 25.4 Å². The van der Waals surface area contributed by atoms with Gasteiger partial charge in [-0.25, -0.2) is 4.79 Å². The molecule has 0 aliphatic rings. The van der Waals surface area contributed by atoms with E-state index in [0.29, 0.717) is 13.1 Å². The Labute approximate surface area is 143 Å². The van der Waals surface area contributed by atoms with Crippen molar-refractivity contribution in [3.63, 3.8) is 0 Å². The zero-order chi connectivity index (χ0) is 17.7. The molecule has 2 aromatic heterocycles. The number of H-pyrrole nitrogens is 1. The molecule has 0 aromatic carbocycles. The molecule has 0 aliphatic carbocycles. The van der Waals surface area contributed by atoms with Crippen molar-refractivity contribution in [3.8, 4) is 0 Å². The molecule has 24 heavy (non-hydrogen) atoms. The number of urea groups is 1. The SMILES string of the molecule is Cc1cccnc1CCNC(=O)N(C)Cc1cc(C(C)(C)C)n[nH]1. The van der Waals surface area contributed by atoms with Gasteiger partial charge in [0.15, 0.2) is 0 Å². The molecule has 0 atom stereocenters. The van der Waals surface area contributed by atoms with Crippen LogP contribution < -0.4 is 5.32 Å². The monoisotopic (exact) mass is 329 g/mol. The average molecular weight is 329 g/mol. The first-order valence-corrected chi connectivity index (χ1v) is 8.21. The number of amides is 2. The van der Waals surface area contributed by atoms with Gasteiger partial charge in [0.25, 0.3) is 0 Å². The summed E-state index contributed by atoms with van der Waals surface area (Å²) in [5, 5.41) is 10.3. The highest BCUT2D eigenvalue weighted by atomic mass is 16.2. The topological polar surface area (TPSA) is 73.9 Å². The van der Waals surface area contributed by atoms with E-state index in [1.54, 1.807) is 18.1 Å². The normalized spacial score (nSPS) is 11.4. The first kappa shape index (κ1) is 18.0. The van der Waals surface area contributed by atoms with Crippen LogP contribution in [0.5, 0.6) is 0 Å². The number of aryl methyl sites for hydroxylation is 1. The number of aromatic amines is 1. The van der Waals surface area contributed by atoms with Crippen molar-refractivity contribution in [2.45, 2.75) is 46.1 Å². The van der Waals surface area contributed by atoms with Gasteiger partial charge in [0.1, 0.15) is 0 Å². The molecule has 0 bridgehead atoms. The van der Waals surface area contributed by atoms with E-state index >= 15 is 0 Å². The third-order valence-electron chi connectivity index (χ3n) is 3.91. The van der Waals surface area contributed by atoms with Gasteiger partial charge in [0, 0.05) is 37.3 Å². The largest absolute Gasteiger partial charge is 0.338 e. The summed E-state index contributed by atoms with van der Waals surface area (Å²) in [7, 11) is 1.78. The minimum Gasteiger partial charge on any atom is -0.338 e. The molecule has 2 heterocycles. The quantitative estimate of drug-likeness (QED) is 0.886. The Morgan fingerprint density at radius 2 is 2.12 bits per heavy atom. The maximum atomic E-state index is 12.2. The third-order valence-corrected chi connectivity index (χ3v) is 3.91. The molecule has 0 radical (unpaired) electrons. The van der Waals surface area contributed by atoms with Gasteiger partial charge in [-0.2, -0.15) is 5.10 Å². The molecule has 2 N–H and O–H groups in total. The lowest BCUT2D eigenvalue weighted by Crippen LogP contribution is -2.38. The van der Waals surface area contributed by atoms with Crippen LogP contribution in [0.25, 0.3) is 0 Å². The molecular weight excluding hydrogens is 302 g/mol. The van der Waals surface area contributed by atoms with Crippen LogP contribution >= 0.6 is 0 Å². The summed E-state index contributed by atoms with van der Waals surface area (Å²) in [4.78, 5) is 18.2. The Bertz CT molecular complexity index is 687. The Balaban J connectivity index is 1.82. The number of hydrogen-bond donors (Lipinski definition) is 2. The van der Waals surface area contributed by atoms with Crippen LogP contribution in [0.3, 0.4) is 0 Å². The molecule has 0 fully saturated rings. The summed E-state index contributed by atoms with van der Waals surface area (Å²) in [5.74, 6) is 0. The molecule has 2 aromatic rings. The number of rotatable bonds is 5. The van der Waals surface area contributed by atoms with E-state index in [-0.39, 0.29) is 11.4 Å². The number of nitrogens with zero attached hydrogens (tertiary/aromatic N) is 3. The van der Waals surface area contributed by atoms with Crippen molar-refractivity contribution >= 4 is 6.03 Å². The van der Waals surface area contributed by atoms with Crippen molar-refractivity contribution in [2.24, 2.45) is 0 Å². The molecule has 2 amide bonds. The lowest BCUT2D eigenvalue weighted by molar-refractivity contribution is 0.206. The van der Waals surface area contributed by atoms with Gasteiger partial charge in [-0.1, -0.05) is 26.8 Å². The second kappa shape index (κ2) is 7.47. The summed E-state index contributed by atoms with van der Waals surface area (Å²) in [6.45, 7) is 9.44. The highest BCUT2D eigenvalue weighted by molar-refractivity contribution is 5.73. The van der Waals surface area contributed by atoms with E-state index in [4.69, 9.17) is 0 Å². The molecule has 0 unspecified atom stereocenters. The summed E-state index contributed by atoms with van der Waals surface area (Å²) in [5.41, 5.74) is 4.09. The van der Waals surface area contributed by atoms with Crippen molar-refractivity contribution < 1.29 is 4.79 Å². The van der Waals surface area contributed by atoms with Crippen molar-refractivity contribution in [1.29, 1.82) is 0 Å². The van der Waals surface area contributed by atoms with Gasteiger partial charge in [-0.15, -0.1) is 0 Å². The molecular formula is C18H27N5O. The Morgan fingerprint density at radius 3 is 2.75 bits per heavy atom. The maximum absolute atomic E-state index is 12.2. The van der Waals surface area contributed by atoms with Crippen LogP contribution in [0.4, 0.5) is 4.79 Å². The van der Waals surface area contributed by atoms with Crippen LogP contribution in [0, 0.1) is 6.92 Å². The zero-order valence-electron chi connectivity index (χ0n) is 15.2. The molecule has 0 aliphatic heterocycles. The third kappa shape index (κ3) is 4.81. The molecule has 130 valence electrons. The minimum atomic E-state index is -0.101. The summed E-state index contributed by atoms with van der Waals surface area (Å²) in [6, 6.07) is 5.86. The van der Waals surface area contributed by atoms with Gasteiger partial charge in [-0.3, -0.25) is 10.1 Å². The number of carbonyl (C=O) groups is 1. The van der Waals surface area contributed by atoms with Crippen LogP contribution in [0.2, 0.25) is 0 Å². The second-order valence-electron chi connectivity index (χ2n) is 7.13. The first-order valence-electron chi connectivity index (χ1n) is 8.21. The maximum Gasteiger partial charge on any atom is 0.317 e. The van der Waals surface area contributed by atoms with E-state index in [0.717, 1.165) is 29.1 Å². The lowest BCUT2D eigenvalue weighted by atomic mass is 9.92. The van der Waals surface area contributed by atoms with Gasteiger partial charge in [-0.05, 0) is 24.6 Å². The van der Waals surface area contributed by atoms with E-state index in [9.17, 15) is 4.79 Å². The molecule has 2 rings (SSSR count). The number of hydrogen-bond acceptors (Lipinski definition) is 3. The van der Waals surface area contributed by atoms with Crippen molar-refractivity contribution in [2.75, 3.05) is 13.6 Å². The Kier molecular flexibility index (Phi) is 5.59. The van der Waals surface area contributed by atoms with Gasteiger partial charge in [0.2, 0.25) is 0 Å². The van der Waals surface area contributed by atoms with E-state index in [2.05, 4.69) is 41.3 Å². The number of aromatic nitrogens is 3. The minimum absolute atomic E-state index is 0.00385. The molecule has 0 spiro atoms. The molecule has 6 heteroatoms. The van der Waals surface area contributed by atoms with Gasteiger partial charge in [0.05, 0.1) is 17.9 Å². The predicted octanol–water partition coefficient (Wildman–Crippen LogP) is 2.79. The highest BCUT2D eigenvalue weighted by Gasteiger charge is 2.18. The van der Waals surface area contributed by atoms with E-state index in [1.807, 2.05) is 25.1 Å². The molecule has 6 nitrogen and oxygen atoms in total. The number of pyridine rings is 1. The zero-order valence-corrected chi connectivity index (χ0v) is 15.2. The van der Waals surface area contributed by atoms with Gasteiger partial charge < -0.3 is 10.2 Å². The fourth-order valence-corrected chi connectivity index (χ4v) is 2.36. The van der Waals surface area contributed by atoms with Crippen LogP contribution in [-0.2, 0) is 18.4 Å². The van der Waals surface area contributed by atoms with E-state index < -0.39 is 0 Å². The highest BCUT2D eigenvalue weighted by Crippen LogP contribution is 2.20. The summed E-state index contributed by atoms with van der Waals surface area (Å²) >= 11 is 0. The summed E-state index contributed by atoms with van der Waals surface area (Å²) < 4.78 is 0. The van der Waals surface area contributed by atoms with Crippen LogP contribution in [-0.4, -0.2) is 39.7 Å². The van der Waals surface area contributed by atoms with Gasteiger partial charge >= 0.3 is 6.03 Å². The predicted molar refractivity (Wildman–Crippen MR) is 94.8 cm³/mol.